The van der Waals surface area contributed by atoms with Gasteiger partial charge in [-0.05, 0) is 39.4 Å². The molecule has 0 spiro atoms. The maximum Gasteiger partial charge on any atom is 0.0541 e. The summed E-state index contributed by atoms with van der Waals surface area (Å²) in [6, 6.07) is 0. The van der Waals surface area contributed by atoms with E-state index in [1.54, 1.807) is 0 Å². The maximum absolute atomic E-state index is 11.8. The minimum atomic E-state index is -6.67. The fourth-order valence-electron chi connectivity index (χ4n) is 3.25. The zero-order chi connectivity index (χ0) is 26.0. The van der Waals surface area contributed by atoms with E-state index < -0.39 is 90.6 Å². The van der Waals surface area contributed by atoms with E-state index in [4.69, 9.17) is 0 Å². The first-order chi connectivity index (χ1) is 14.0. The average molecular weight is 542 g/mol. The number of hydrogen-bond donors (Lipinski definition) is 0. The van der Waals surface area contributed by atoms with Crippen LogP contribution in [0.2, 0.25) is 0 Å². The number of carbonyl (C=O) groups excluding carboxylic acids is 1. The molecule has 0 saturated heterocycles. The SMILES string of the molecule is CCC(CC(CC(CC(C)OC[O-])(P(=O)([O-])[O-])P(=O)([O-])[O-])C(=O)[O-])(P(=O)([O-])[O-])P(=O)([O-])[O-]. The van der Waals surface area contributed by atoms with Crippen LogP contribution in [0.15, 0.2) is 0 Å². The lowest BCUT2D eigenvalue weighted by Gasteiger charge is -2.63. The fourth-order valence-corrected chi connectivity index (χ4v) is 9.16. The molecule has 0 N–H and O–H groups in total. The highest BCUT2D eigenvalue weighted by atomic mass is 31.2. The van der Waals surface area contributed by atoms with Gasteiger partial charge in [0.1, 0.15) is 0 Å². The van der Waals surface area contributed by atoms with Crippen LogP contribution in [0.5, 0.6) is 0 Å². The highest BCUT2D eigenvalue weighted by molar-refractivity contribution is 7.70. The summed E-state index contributed by atoms with van der Waals surface area (Å²) in [5.41, 5.74) is 0. The van der Waals surface area contributed by atoms with Crippen LogP contribution in [-0.2, 0) is 27.8 Å². The lowest BCUT2D eigenvalue weighted by Crippen LogP contribution is -2.53. The van der Waals surface area contributed by atoms with E-state index in [1.807, 2.05) is 0 Å². The van der Waals surface area contributed by atoms with E-state index in [0.29, 0.717) is 6.92 Å². The molecule has 0 aliphatic heterocycles. The van der Waals surface area contributed by atoms with Gasteiger partial charge in [0.05, 0.1) is 6.10 Å². The second kappa shape index (κ2) is 10.7. The molecule has 20 heteroatoms. The maximum atomic E-state index is 11.8. The van der Waals surface area contributed by atoms with Crippen LogP contribution < -0.4 is 49.4 Å². The first-order valence-corrected chi connectivity index (χ1v) is 14.7. The minimum absolute atomic E-state index is 0.687. The van der Waals surface area contributed by atoms with Crippen molar-refractivity contribution in [3.8, 4) is 0 Å². The van der Waals surface area contributed by atoms with Gasteiger partial charge in [-0.25, -0.2) is 0 Å². The summed E-state index contributed by atoms with van der Waals surface area (Å²) in [6.45, 7) is 0.122. The number of ether oxygens (including phenoxy) is 1. The fraction of sp³-hybridized carbons (Fsp3) is 0.917. The molecule has 32 heavy (non-hydrogen) atoms. The topological polar surface area (TPSA) is 325 Å². The van der Waals surface area contributed by atoms with E-state index in [2.05, 4.69) is 4.74 Å². The Kier molecular flexibility index (Phi) is 10.7. The van der Waals surface area contributed by atoms with Gasteiger partial charge in [0.15, 0.2) is 0 Å². The first-order valence-electron chi connectivity index (χ1n) is 8.52. The lowest BCUT2D eigenvalue weighted by atomic mass is 9.94. The molecule has 2 unspecified atom stereocenters. The largest absolute Gasteiger partial charge is 0.834 e. The van der Waals surface area contributed by atoms with Gasteiger partial charge in [-0.2, -0.15) is 0 Å². The van der Waals surface area contributed by atoms with Gasteiger partial charge in [-0.15, -0.1) is 0 Å². The summed E-state index contributed by atoms with van der Waals surface area (Å²) >= 11 is 0. The standard InChI is InChI=1S/C12H27O16P4/c1-3-11(29(16,17)18,30(19,20)21)5-9(10(14)15)6-12(31(22,23)24,32(25,26)27)4-8(2)28-7-13/h8-9H,3-7H2,1-2H3,(H,14,15)(H2,16,17,18)(H2,19,20,21)(H2,22,23,24)(H2,25,26,27)/q-1/p-9. The van der Waals surface area contributed by atoms with Crippen molar-refractivity contribution in [1.82, 2.24) is 0 Å². The van der Waals surface area contributed by atoms with Crippen molar-refractivity contribution in [3.63, 3.8) is 0 Å². The van der Waals surface area contributed by atoms with Crippen molar-refractivity contribution in [2.75, 3.05) is 6.79 Å². The van der Waals surface area contributed by atoms with Crippen LogP contribution in [-0.4, -0.2) is 28.7 Å². The third kappa shape index (κ3) is 6.78. The van der Waals surface area contributed by atoms with Crippen molar-refractivity contribution in [3.05, 3.63) is 0 Å². The zero-order valence-corrected chi connectivity index (χ0v) is 20.1. The van der Waals surface area contributed by atoms with Crippen LogP contribution in [0.1, 0.15) is 39.5 Å². The van der Waals surface area contributed by atoms with Crippen LogP contribution >= 0.6 is 30.4 Å². The molecule has 0 aliphatic carbocycles. The summed E-state index contributed by atoms with van der Waals surface area (Å²) in [5.74, 6) is -5.44. The van der Waals surface area contributed by atoms with Gasteiger partial charge < -0.3 is 77.2 Å². The smallest absolute Gasteiger partial charge is 0.0541 e. The van der Waals surface area contributed by atoms with Crippen molar-refractivity contribution >= 4 is 36.4 Å². The molecule has 2 atom stereocenters. The predicted octanol–water partition coefficient (Wildman–Crippen LogP) is -7.30. The second-order valence-electron chi connectivity index (χ2n) is 7.03. The minimum Gasteiger partial charge on any atom is -0.834 e. The van der Waals surface area contributed by atoms with Crippen LogP contribution in [0, 0.1) is 5.92 Å². The zero-order valence-electron chi connectivity index (χ0n) is 16.5. The van der Waals surface area contributed by atoms with Crippen molar-refractivity contribution in [2.24, 2.45) is 5.92 Å². The Labute approximate surface area is 182 Å². The summed E-state index contributed by atoms with van der Waals surface area (Å²) in [7, 11) is -26.3. The molecule has 0 aromatic heterocycles. The molecule has 0 aromatic carbocycles. The second-order valence-corrected chi connectivity index (χ2v) is 15.1. The molecule has 192 valence electrons. The molecule has 0 fully saturated rings. The number of carboxylic acids is 1. The Balaban J connectivity index is 6.86. The van der Waals surface area contributed by atoms with E-state index >= 15 is 0 Å². The van der Waals surface area contributed by atoms with E-state index in [1.165, 1.54) is 0 Å². The van der Waals surface area contributed by atoms with E-state index in [-0.39, 0.29) is 0 Å². The molecule has 0 aliphatic rings. The number of hydrogen-bond acceptors (Lipinski definition) is 16. The van der Waals surface area contributed by atoms with Gasteiger partial charge in [-0.3, -0.25) is 0 Å². The first kappa shape index (κ1) is 32.0. The highest BCUT2D eigenvalue weighted by Crippen LogP contribution is 2.69. The third-order valence-corrected chi connectivity index (χ3v) is 13.8. The number of aliphatic carboxylic acids is 1. The molecule has 0 radical (unpaired) electrons. The number of rotatable bonds is 14. The lowest BCUT2D eigenvalue weighted by molar-refractivity contribution is -0.437. The Bertz CT molecular complexity index is 803. The number of carbonyl (C=O) groups is 1. The molecule has 16 nitrogen and oxygen atoms in total. The van der Waals surface area contributed by atoms with Crippen LogP contribution in [0.25, 0.3) is 0 Å². The number of carboxylic acid groups (broad SMARTS) is 1. The van der Waals surface area contributed by atoms with Crippen molar-refractivity contribution in [2.45, 2.75) is 55.4 Å². The monoisotopic (exact) mass is 542 g/mol. The quantitative estimate of drug-likeness (QED) is 0.145. The van der Waals surface area contributed by atoms with Crippen molar-refractivity contribution < 1.29 is 77.2 Å². The Morgan fingerprint density at radius 3 is 1.38 bits per heavy atom. The van der Waals surface area contributed by atoms with Crippen molar-refractivity contribution in [1.29, 1.82) is 0 Å². The molecule has 0 amide bonds. The molecule has 0 rings (SSSR count). The summed E-state index contributed by atoms with van der Waals surface area (Å²) in [4.78, 5) is 97.2. The van der Waals surface area contributed by atoms with Gasteiger partial charge in [0.2, 0.25) is 0 Å². The van der Waals surface area contributed by atoms with Gasteiger partial charge >= 0.3 is 0 Å². The summed E-state index contributed by atoms with van der Waals surface area (Å²) < 4.78 is 51.2. The molecule has 0 aromatic rings. The molecule has 0 saturated carbocycles. The van der Waals surface area contributed by atoms with Crippen LogP contribution in [0.4, 0.5) is 0 Å². The highest BCUT2D eigenvalue weighted by Gasteiger charge is 2.45. The third-order valence-electron chi connectivity index (χ3n) is 5.05. The Hall–Kier alpha value is -0.0100. The van der Waals surface area contributed by atoms with Gasteiger partial charge in [-0.1, -0.05) is 37.3 Å². The van der Waals surface area contributed by atoms with Gasteiger partial charge in [0.25, 0.3) is 0 Å². The molecular formula is C12H18O16P4-10. The normalized spacial score (nSPS) is 16.6. The van der Waals surface area contributed by atoms with Gasteiger partial charge in [0, 0.05) is 21.7 Å². The summed E-state index contributed by atoms with van der Waals surface area (Å²) in [6.07, 6.45) is -8.73. The Morgan fingerprint density at radius 2 is 1.12 bits per heavy atom. The van der Waals surface area contributed by atoms with Crippen LogP contribution in [0.3, 0.4) is 0 Å². The summed E-state index contributed by atoms with van der Waals surface area (Å²) in [5, 5.41) is 22.0. The Morgan fingerprint density at radius 1 is 0.781 bits per heavy atom. The predicted molar refractivity (Wildman–Crippen MR) is 83.9 cm³/mol. The average Bonchev–Trinajstić information content (AvgIpc) is 2.52. The van der Waals surface area contributed by atoms with E-state index in [9.17, 15) is 72.4 Å². The van der Waals surface area contributed by atoms with E-state index in [0.717, 1.165) is 6.92 Å². The molecular weight excluding hydrogens is 524 g/mol. The molecule has 0 bridgehead atoms. The molecule has 0 heterocycles.